The highest BCUT2D eigenvalue weighted by Crippen LogP contribution is 2.61. The molecule has 3 rings (SSSR count). The van der Waals surface area contributed by atoms with Crippen LogP contribution in [-0.2, 0) is 55.5 Å². The Morgan fingerprint density at radius 1 is 1.02 bits per heavy atom. The average Bonchev–Trinajstić information content (AvgIpc) is 3.64. The van der Waals surface area contributed by atoms with Gasteiger partial charge in [0.05, 0.1) is 25.6 Å². The van der Waals surface area contributed by atoms with Crippen molar-refractivity contribution in [2.75, 3.05) is 37.8 Å². The number of imidazole rings is 1. The zero-order valence-corrected chi connectivity index (χ0v) is 33.9. The van der Waals surface area contributed by atoms with E-state index in [1.54, 1.807) is 0 Å². The molecule has 26 nitrogen and oxygen atoms in total. The van der Waals surface area contributed by atoms with Crippen LogP contribution in [0.3, 0.4) is 0 Å². The van der Waals surface area contributed by atoms with Gasteiger partial charge in [0.1, 0.15) is 42.0 Å². The lowest BCUT2D eigenvalue weighted by Gasteiger charge is -2.30. The fourth-order valence-electron chi connectivity index (χ4n) is 4.95. The Morgan fingerprint density at radius 3 is 2.33 bits per heavy atom. The number of hydrogen-bond acceptors (Lipinski definition) is 20. The van der Waals surface area contributed by atoms with Gasteiger partial charge < -0.3 is 56.0 Å². The monoisotopic (exact) mass is 895 g/mol. The predicted octanol–water partition coefficient (Wildman–Crippen LogP) is -1.61. The van der Waals surface area contributed by atoms with E-state index in [-0.39, 0.29) is 66.0 Å². The number of Topliss-reactive ketones (excluding diaryl/α,β-unsaturated/α-hetero) is 1. The summed E-state index contributed by atoms with van der Waals surface area (Å²) in [7, 11) is -16.4. The number of ether oxygens (including phenoxy) is 1. The summed E-state index contributed by atoms with van der Waals surface area (Å²) < 4.78 is 62.0. The summed E-state index contributed by atoms with van der Waals surface area (Å²) in [6, 6.07) is 0. The molecule has 30 heteroatoms. The second-order valence-electron chi connectivity index (χ2n) is 13.1. The van der Waals surface area contributed by atoms with Gasteiger partial charge in [-0.3, -0.25) is 37.3 Å². The number of nitrogens with two attached hydrogens (primary N) is 1. The quantitative estimate of drug-likeness (QED) is 0.0443. The van der Waals surface area contributed by atoms with Crippen LogP contribution < -0.4 is 16.4 Å². The van der Waals surface area contributed by atoms with E-state index in [0.717, 1.165) is 29.0 Å². The van der Waals surface area contributed by atoms with Crippen LogP contribution >= 0.6 is 35.2 Å². The lowest BCUT2D eigenvalue weighted by molar-refractivity contribution is -0.137. The zero-order valence-electron chi connectivity index (χ0n) is 30.4. The lowest BCUT2D eigenvalue weighted by atomic mass is 9.87. The normalized spacial score (nSPS) is 22.0. The van der Waals surface area contributed by atoms with Gasteiger partial charge in [-0.2, -0.15) is 4.31 Å². The third kappa shape index (κ3) is 15.4. The highest BCUT2D eigenvalue weighted by Gasteiger charge is 2.50. The maximum atomic E-state index is 12.7. The van der Waals surface area contributed by atoms with E-state index in [9.17, 15) is 67.8 Å². The molecular weight excluding hydrogens is 851 g/mol. The molecule has 2 aromatic rings. The molecule has 2 amide bonds. The van der Waals surface area contributed by atoms with Crippen LogP contribution in [0.15, 0.2) is 12.7 Å². The predicted molar refractivity (Wildman–Crippen MR) is 193 cm³/mol. The fraction of sp³-hybridized carbons (Fsp3) is 0.667. The van der Waals surface area contributed by atoms with E-state index in [2.05, 4.69) is 34.4 Å². The van der Waals surface area contributed by atoms with Crippen LogP contribution in [0.25, 0.3) is 11.2 Å². The van der Waals surface area contributed by atoms with Crippen LogP contribution in [-0.4, -0.2) is 140 Å². The van der Waals surface area contributed by atoms with Gasteiger partial charge in [0.2, 0.25) is 11.8 Å². The molecule has 1 saturated heterocycles. The number of phosphoric ester groups is 3. The topological polar surface area (TPSA) is 401 Å². The van der Waals surface area contributed by atoms with Crippen LogP contribution in [0.4, 0.5) is 5.82 Å². The summed E-state index contributed by atoms with van der Waals surface area (Å²) in [4.78, 5) is 98.3. The first kappa shape index (κ1) is 48.6. The number of fused-ring (bicyclic) bond motifs is 1. The molecule has 0 aliphatic carbocycles. The third-order valence-corrected chi connectivity index (χ3v) is 11.7. The first-order valence-corrected chi connectivity index (χ1v) is 22.0. The number of aromatic nitrogens is 4. The molecule has 1 fully saturated rings. The minimum atomic E-state index is -5.59. The van der Waals surface area contributed by atoms with Crippen molar-refractivity contribution in [3.63, 3.8) is 0 Å². The number of ketones is 1. The average molecular weight is 896 g/mol. The summed E-state index contributed by atoms with van der Waals surface area (Å²) in [6.07, 6.45) is -8.55. The molecule has 11 N–H and O–H groups in total. The molecule has 2 aromatic heterocycles. The number of carbonyl (C=O) groups is 4. The Kier molecular flexibility index (Phi) is 17.4. The number of amides is 2. The molecule has 322 valence electrons. The standard InChI is InChI=1S/C27H44N7O19P3S/c1-14(35)8-15(36)9-18(38)57-7-6-29-17(37)4-5-30-25(41)22(40)27(2,3)11-50-56(47,48)53-55(45,46)49-10-16-21(52-54(42,43)44)20(39)26(51-16)34-13-33-19-23(28)31-12-32-24(19)34/h12-13,15-16,20-22,26,36,39-40H,4-11H2,1-3H3,(H,29,37)(H,30,41)(H,45,46)(H,47,48)(H2,28,31,32)(H2,42,43,44)/t15?,16-,20-,21-,22+,26-/m1/s1. The number of carbonyl (C=O) groups excluding carboxylic acids is 4. The molecule has 1 aliphatic rings. The number of aliphatic hydroxyl groups excluding tert-OH is 3. The first-order valence-electron chi connectivity index (χ1n) is 16.5. The van der Waals surface area contributed by atoms with Gasteiger partial charge >= 0.3 is 23.5 Å². The highest BCUT2D eigenvalue weighted by molar-refractivity contribution is 8.13. The molecular formula is C27H44N7O19P3S. The third-order valence-electron chi connectivity index (χ3n) is 7.69. The van der Waals surface area contributed by atoms with Gasteiger partial charge in [-0.25, -0.2) is 28.6 Å². The Balaban J connectivity index is 1.47. The van der Waals surface area contributed by atoms with Crippen molar-refractivity contribution in [2.45, 2.75) is 76.8 Å². The summed E-state index contributed by atoms with van der Waals surface area (Å²) in [5.74, 6) is -1.67. The molecule has 0 spiro atoms. The maximum absolute atomic E-state index is 12.7. The van der Waals surface area contributed by atoms with E-state index in [1.807, 2.05) is 0 Å². The van der Waals surface area contributed by atoms with Crippen molar-refractivity contribution >= 4 is 74.9 Å². The molecule has 3 heterocycles. The van der Waals surface area contributed by atoms with Gasteiger partial charge in [0.15, 0.2) is 22.8 Å². The minimum absolute atomic E-state index is 0.0198. The summed E-state index contributed by atoms with van der Waals surface area (Å²) in [6.45, 7) is 1.50. The summed E-state index contributed by atoms with van der Waals surface area (Å²) >= 11 is 0.854. The number of nitrogens with zero attached hydrogens (tertiary/aromatic N) is 4. The van der Waals surface area contributed by atoms with Gasteiger partial charge in [-0.15, -0.1) is 0 Å². The van der Waals surface area contributed by atoms with Crippen LogP contribution in [0, 0.1) is 5.41 Å². The Labute approximate surface area is 327 Å². The van der Waals surface area contributed by atoms with E-state index >= 15 is 0 Å². The molecule has 3 unspecified atom stereocenters. The van der Waals surface area contributed by atoms with Gasteiger partial charge in [0, 0.05) is 43.5 Å². The molecule has 1 aliphatic heterocycles. The Morgan fingerprint density at radius 2 is 1.68 bits per heavy atom. The maximum Gasteiger partial charge on any atom is 0.481 e. The number of aliphatic hydroxyl groups is 3. The Bertz CT molecular complexity index is 1900. The van der Waals surface area contributed by atoms with Gasteiger partial charge in [0.25, 0.3) is 0 Å². The fourth-order valence-corrected chi connectivity index (χ4v) is 8.52. The number of nitrogens with one attached hydrogen (secondary N) is 2. The van der Waals surface area contributed by atoms with E-state index in [1.165, 1.54) is 20.8 Å². The van der Waals surface area contributed by atoms with E-state index < -0.39 is 90.7 Å². The van der Waals surface area contributed by atoms with Gasteiger partial charge in [-0.1, -0.05) is 25.6 Å². The van der Waals surface area contributed by atoms with Crippen LogP contribution in [0.5, 0.6) is 0 Å². The van der Waals surface area contributed by atoms with E-state index in [0.29, 0.717) is 0 Å². The number of rotatable bonds is 23. The van der Waals surface area contributed by atoms with E-state index in [4.69, 9.17) is 19.5 Å². The number of hydrogen-bond donors (Lipinski definition) is 10. The van der Waals surface area contributed by atoms with Gasteiger partial charge in [-0.05, 0) is 6.92 Å². The highest BCUT2D eigenvalue weighted by atomic mass is 32.2. The largest absolute Gasteiger partial charge is 0.481 e. The van der Waals surface area contributed by atoms with Crippen LogP contribution in [0.2, 0.25) is 0 Å². The van der Waals surface area contributed by atoms with Crippen molar-refractivity contribution in [3.05, 3.63) is 12.7 Å². The SMILES string of the molecule is CC(=O)CC(O)CC(=O)SCCNC(=O)CCNC(=O)[C@H](O)C(C)(C)COP(=O)(O)OP(=O)(O)OC[C@H]1O[C@@H](n2cnc3c(N)ncnc32)[C@H](O)[C@@H]1OP(=O)(O)O. The molecule has 57 heavy (non-hydrogen) atoms. The van der Waals surface area contributed by atoms with Crippen molar-refractivity contribution in [1.82, 2.24) is 30.2 Å². The second kappa shape index (κ2) is 20.4. The smallest absolute Gasteiger partial charge is 0.392 e. The molecule has 0 bridgehead atoms. The van der Waals surface area contributed by atoms with Crippen molar-refractivity contribution in [3.8, 4) is 0 Å². The Hall–Kier alpha value is -2.81. The second-order valence-corrected chi connectivity index (χ2v) is 18.4. The number of phosphoric acid groups is 3. The van der Waals surface area contributed by atoms with Crippen molar-refractivity contribution in [2.24, 2.45) is 5.41 Å². The summed E-state index contributed by atoms with van der Waals surface area (Å²) in [5, 5.41) is 35.5. The van der Waals surface area contributed by atoms with Crippen molar-refractivity contribution < 1.29 is 90.4 Å². The lowest BCUT2D eigenvalue weighted by Crippen LogP contribution is -2.46. The number of thioether (sulfide) groups is 1. The summed E-state index contributed by atoms with van der Waals surface area (Å²) in [5.41, 5.74) is 4.20. The molecule has 8 atom stereocenters. The molecule has 0 aromatic carbocycles. The molecule has 0 saturated carbocycles. The molecule has 0 radical (unpaired) electrons. The van der Waals surface area contributed by atoms with Crippen molar-refractivity contribution in [1.29, 1.82) is 0 Å². The van der Waals surface area contributed by atoms with Crippen LogP contribution in [0.1, 0.15) is 46.3 Å². The minimum Gasteiger partial charge on any atom is -0.392 e. The number of nitrogen functional groups attached to an aromatic ring is 1. The zero-order chi connectivity index (χ0) is 42.9. The number of anilines is 1. The first-order chi connectivity index (χ1) is 26.3.